The summed E-state index contributed by atoms with van der Waals surface area (Å²) in [5.41, 5.74) is 2.41. The second-order valence-corrected chi connectivity index (χ2v) is 8.83. The fraction of sp³-hybridized carbons (Fsp3) is 0.185. The molecule has 11 heteroatoms. The number of methoxy groups -OCH3 is 3. The van der Waals surface area contributed by atoms with Gasteiger partial charge in [0, 0.05) is 34.1 Å². The van der Waals surface area contributed by atoms with Crippen LogP contribution >= 0.6 is 11.6 Å². The van der Waals surface area contributed by atoms with Gasteiger partial charge in [-0.2, -0.15) is 4.98 Å². The maximum atomic E-state index is 13.7. The lowest BCUT2D eigenvalue weighted by molar-refractivity contribution is -0.113. The van der Waals surface area contributed by atoms with Crippen molar-refractivity contribution < 1.29 is 19.0 Å². The fourth-order valence-electron chi connectivity index (χ4n) is 4.34. The Morgan fingerprint density at radius 3 is 2.37 bits per heavy atom. The highest BCUT2D eigenvalue weighted by atomic mass is 35.5. The van der Waals surface area contributed by atoms with Gasteiger partial charge in [-0.1, -0.05) is 17.7 Å². The largest absolute Gasteiger partial charge is 0.496 e. The van der Waals surface area contributed by atoms with Crippen molar-refractivity contribution in [3.05, 3.63) is 82.7 Å². The van der Waals surface area contributed by atoms with Crippen LogP contribution in [0, 0.1) is 0 Å². The summed E-state index contributed by atoms with van der Waals surface area (Å²) in [6.07, 6.45) is 1.61. The van der Waals surface area contributed by atoms with Crippen molar-refractivity contribution in [2.24, 2.45) is 0 Å². The van der Waals surface area contributed by atoms with E-state index in [4.69, 9.17) is 35.9 Å². The molecule has 0 saturated heterocycles. The number of rotatable bonds is 7. The van der Waals surface area contributed by atoms with Gasteiger partial charge < -0.3 is 24.8 Å². The second-order valence-electron chi connectivity index (χ2n) is 8.39. The number of allylic oxidation sites excluding steroid dienone is 1. The lowest BCUT2D eigenvalue weighted by Gasteiger charge is -2.30. The number of amides is 1. The van der Waals surface area contributed by atoms with Gasteiger partial charge in [-0.3, -0.25) is 4.79 Å². The van der Waals surface area contributed by atoms with E-state index in [9.17, 15) is 4.79 Å². The molecule has 3 heterocycles. The van der Waals surface area contributed by atoms with E-state index < -0.39 is 6.04 Å². The zero-order valence-corrected chi connectivity index (χ0v) is 21.9. The number of aromatic nitrogens is 4. The molecule has 2 aromatic heterocycles. The van der Waals surface area contributed by atoms with Crippen LogP contribution in [0.15, 0.2) is 72.1 Å². The number of ether oxygens (including phenoxy) is 3. The molecular weight excluding hydrogens is 508 g/mol. The fourth-order valence-corrected chi connectivity index (χ4v) is 4.47. The van der Waals surface area contributed by atoms with Gasteiger partial charge in [-0.05, 0) is 49.4 Å². The number of carbonyl (C=O) groups excluding carboxylic acids is 1. The molecular formula is C27H25ClN6O4. The third-order valence-corrected chi connectivity index (χ3v) is 6.39. The van der Waals surface area contributed by atoms with E-state index in [1.54, 1.807) is 74.7 Å². The number of hydrogen-bond donors (Lipinski definition) is 2. The van der Waals surface area contributed by atoms with E-state index >= 15 is 0 Å². The lowest BCUT2D eigenvalue weighted by Crippen LogP contribution is -2.32. The highest BCUT2D eigenvalue weighted by Gasteiger charge is 2.37. The van der Waals surface area contributed by atoms with E-state index in [0.717, 1.165) is 5.56 Å². The molecule has 2 N–H and O–H groups in total. The van der Waals surface area contributed by atoms with Crippen LogP contribution in [-0.4, -0.2) is 47.0 Å². The van der Waals surface area contributed by atoms with Crippen molar-refractivity contribution >= 4 is 29.3 Å². The zero-order valence-electron chi connectivity index (χ0n) is 21.2. The monoisotopic (exact) mass is 532 g/mol. The van der Waals surface area contributed by atoms with Crippen molar-refractivity contribution in [3.63, 3.8) is 0 Å². The summed E-state index contributed by atoms with van der Waals surface area (Å²) < 4.78 is 18.5. The first-order valence-electron chi connectivity index (χ1n) is 11.7. The molecule has 38 heavy (non-hydrogen) atoms. The summed E-state index contributed by atoms with van der Waals surface area (Å²) in [5.74, 6) is 2.44. The summed E-state index contributed by atoms with van der Waals surface area (Å²) in [6.45, 7) is 1.81. The van der Waals surface area contributed by atoms with Gasteiger partial charge >= 0.3 is 0 Å². The molecule has 0 saturated carbocycles. The van der Waals surface area contributed by atoms with Crippen LogP contribution in [0.5, 0.6) is 17.2 Å². The summed E-state index contributed by atoms with van der Waals surface area (Å²) in [5, 5.41) is 11.5. The quantitative estimate of drug-likeness (QED) is 0.344. The molecule has 0 bridgehead atoms. The second kappa shape index (κ2) is 10.4. The first kappa shape index (κ1) is 25.1. The zero-order chi connectivity index (χ0) is 26.8. The molecule has 0 spiro atoms. The number of nitrogens with zero attached hydrogens (tertiary/aromatic N) is 4. The van der Waals surface area contributed by atoms with Crippen LogP contribution in [0.2, 0.25) is 5.02 Å². The van der Waals surface area contributed by atoms with Gasteiger partial charge in [-0.15, -0.1) is 5.10 Å². The van der Waals surface area contributed by atoms with Gasteiger partial charge in [0.05, 0.1) is 26.9 Å². The average Bonchev–Trinajstić information content (AvgIpc) is 3.35. The van der Waals surface area contributed by atoms with Gasteiger partial charge in [0.25, 0.3) is 5.91 Å². The van der Waals surface area contributed by atoms with Crippen molar-refractivity contribution in [2.45, 2.75) is 13.0 Å². The number of nitrogens with one attached hydrogen (secondary N) is 2. The Bertz CT molecular complexity index is 1520. The van der Waals surface area contributed by atoms with Crippen molar-refractivity contribution in [1.29, 1.82) is 0 Å². The molecule has 5 rings (SSSR count). The minimum Gasteiger partial charge on any atom is -0.496 e. The van der Waals surface area contributed by atoms with Crippen LogP contribution in [0.25, 0.3) is 11.4 Å². The molecule has 1 aliphatic rings. The Labute approximate surface area is 224 Å². The first-order chi connectivity index (χ1) is 18.4. The summed E-state index contributed by atoms with van der Waals surface area (Å²) >= 11 is 6.08. The molecule has 2 aromatic carbocycles. The Balaban J connectivity index is 1.69. The van der Waals surface area contributed by atoms with Gasteiger partial charge in [0.2, 0.25) is 5.95 Å². The minimum atomic E-state index is -0.724. The highest BCUT2D eigenvalue weighted by molar-refractivity contribution is 6.30. The normalized spacial score (nSPS) is 14.4. The molecule has 1 amide bonds. The van der Waals surface area contributed by atoms with Crippen LogP contribution in [-0.2, 0) is 4.79 Å². The standard InChI is InChI=1S/C27H25ClN6O4/c1-15-23(26(35)31-22-7-5-6-12-29-22)24(18-13-20(37-3)21(38-4)14-19(18)36-2)34-27(30-15)32-25(33-34)16-8-10-17(28)11-9-16/h5-14,24H,1-4H3,(H,29,31,35)(H,30,32,33). The topological polar surface area (TPSA) is 112 Å². The van der Waals surface area contributed by atoms with Gasteiger partial charge in [0.1, 0.15) is 17.6 Å². The Hall–Kier alpha value is -4.57. The van der Waals surface area contributed by atoms with Crippen LogP contribution < -0.4 is 24.8 Å². The number of anilines is 2. The molecule has 0 radical (unpaired) electrons. The number of fused-ring (bicyclic) bond motifs is 1. The van der Waals surface area contributed by atoms with Crippen LogP contribution in [0.4, 0.5) is 11.8 Å². The number of pyridine rings is 1. The van der Waals surface area contributed by atoms with Gasteiger partial charge in [0.15, 0.2) is 17.3 Å². The minimum absolute atomic E-state index is 0.357. The molecule has 0 aliphatic carbocycles. The number of benzene rings is 2. The Morgan fingerprint density at radius 1 is 1.00 bits per heavy atom. The molecule has 10 nitrogen and oxygen atoms in total. The smallest absolute Gasteiger partial charge is 0.257 e. The van der Waals surface area contributed by atoms with E-state index in [-0.39, 0.29) is 5.91 Å². The molecule has 0 fully saturated rings. The average molecular weight is 533 g/mol. The summed E-state index contributed by atoms with van der Waals surface area (Å²) in [6, 6.07) is 15.3. The summed E-state index contributed by atoms with van der Waals surface area (Å²) in [4.78, 5) is 22.7. The predicted octanol–water partition coefficient (Wildman–Crippen LogP) is 4.95. The van der Waals surface area contributed by atoms with E-state index in [0.29, 0.717) is 56.7 Å². The Kier molecular flexibility index (Phi) is 6.89. The third kappa shape index (κ3) is 4.61. The van der Waals surface area contributed by atoms with E-state index in [1.807, 2.05) is 19.1 Å². The molecule has 4 aromatic rings. The maximum Gasteiger partial charge on any atom is 0.257 e. The Morgan fingerprint density at radius 2 is 1.71 bits per heavy atom. The molecule has 1 aliphatic heterocycles. The van der Waals surface area contributed by atoms with Gasteiger partial charge in [-0.25, -0.2) is 9.67 Å². The van der Waals surface area contributed by atoms with Crippen molar-refractivity contribution in [3.8, 4) is 28.6 Å². The maximum absolute atomic E-state index is 13.7. The van der Waals surface area contributed by atoms with Crippen LogP contribution in [0.3, 0.4) is 0 Å². The molecule has 1 unspecified atom stereocenters. The molecule has 1 atom stereocenters. The first-order valence-corrected chi connectivity index (χ1v) is 12.0. The number of halogens is 1. The van der Waals surface area contributed by atoms with Crippen molar-refractivity contribution in [2.75, 3.05) is 32.0 Å². The number of hydrogen-bond acceptors (Lipinski definition) is 8. The predicted molar refractivity (Wildman–Crippen MR) is 144 cm³/mol. The number of carbonyl (C=O) groups is 1. The van der Waals surface area contributed by atoms with E-state index in [1.165, 1.54) is 0 Å². The van der Waals surface area contributed by atoms with Crippen LogP contribution in [0.1, 0.15) is 18.5 Å². The summed E-state index contributed by atoms with van der Waals surface area (Å²) in [7, 11) is 4.65. The highest BCUT2D eigenvalue weighted by Crippen LogP contribution is 2.44. The molecule has 194 valence electrons. The van der Waals surface area contributed by atoms with Crippen molar-refractivity contribution in [1.82, 2.24) is 19.7 Å². The third-order valence-electron chi connectivity index (χ3n) is 6.14. The SMILES string of the molecule is COc1cc(OC)c(C2C(C(=O)Nc3ccccn3)=C(C)Nc3nc(-c4ccc(Cl)cc4)nn32)cc1OC. The lowest BCUT2D eigenvalue weighted by atomic mass is 9.93. The van der Waals surface area contributed by atoms with E-state index in [2.05, 4.69) is 15.6 Å².